The molecule has 4 N–H and O–H groups in total. The molecule has 6 rings (SSSR count). The molecule has 2 aromatic carbocycles. The van der Waals surface area contributed by atoms with Crippen LogP contribution in [0.25, 0.3) is 16.2 Å². The molecule has 9 nitrogen and oxygen atoms in total. The lowest BCUT2D eigenvalue weighted by Crippen LogP contribution is -2.13. The lowest BCUT2D eigenvalue weighted by atomic mass is 10.2. The van der Waals surface area contributed by atoms with Gasteiger partial charge in [-0.1, -0.05) is 23.5 Å². The lowest BCUT2D eigenvalue weighted by Gasteiger charge is -2.08. The van der Waals surface area contributed by atoms with E-state index in [2.05, 4.69) is 42.1 Å². The number of hydrogen-bond donors (Lipinski definition) is 3. The number of carbonyl (C=O) groups is 1. The average molecular weight is 507 g/mol. The molecule has 0 radical (unpaired) electrons. The van der Waals surface area contributed by atoms with E-state index in [-0.39, 0.29) is 5.91 Å². The van der Waals surface area contributed by atoms with Gasteiger partial charge >= 0.3 is 0 Å². The smallest absolute Gasteiger partial charge is 0.255 e. The number of aromatic nitrogens is 5. The van der Waals surface area contributed by atoms with Crippen molar-refractivity contribution in [2.24, 2.45) is 0 Å². The predicted molar refractivity (Wildman–Crippen MR) is 146 cm³/mol. The van der Waals surface area contributed by atoms with Crippen LogP contribution in [0.5, 0.6) is 0 Å². The minimum Gasteiger partial charge on any atom is -0.397 e. The van der Waals surface area contributed by atoms with Gasteiger partial charge in [-0.15, -0.1) is 0 Å². The number of pyridine rings is 1. The van der Waals surface area contributed by atoms with E-state index in [0.29, 0.717) is 16.9 Å². The number of nitrogens with two attached hydrogens (primary N) is 1. The van der Waals surface area contributed by atoms with E-state index in [1.54, 1.807) is 36.8 Å². The highest BCUT2D eigenvalue weighted by Crippen LogP contribution is 2.31. The van der Waals surface area contributed by atoms with Crippen LogP contribution in [0.1, 0.15) is 15.9 Å². The van der Waals surface area contributed by atoms with Crippen molar-refractivity contribution >= 4 is 45.1 Å². The van der Waals surface area contributed by atoms with Crippen molar-refractivity contribution in [2.75, 3.05) is 16.4 Å². The second kappa shape index (κ2) is 9.59. The summed E-state index contributed by atoms with van der Waals surface area (Å²) in [4.78, 5) is 26.8. The van der Waals surface area contributed by atoms with Crippen molar-refractivity contribution < 1.29 is 4.79 Å². The van der Waals surface area contributed by atoms with Gasteiger partial charge in [0.05, 0.1) is 34.5 Å². The summed E-state index contributed by atoms with van der Waals surface area (Å²) < 4.78 is 4.08. The normalized spacial score (nSPS) is 11.0. The van der Waals surface area contributed by atoms with E-state index in [4.69, 9.17) is 5.73 Å². The topological polar surface area (TPSA) is 115 Å². The fourth-order valence-electron chi connectivity index (χ4n) is 3.98. The summed E-state index contributed by atoms with van der Waals surface area (Å²) in [6, 6.07) is 18.6. The Morgan fingerprint density at radius 1 is 1.00 bits per heavy atom. The van der Waals surface area contributed by atoms with Crippen molar-refractivity contribution in [3.63, 3.8) is 0 Å². The number of anilines is 4. The Morgan fingerprint density at radius 3 is 2.68 bits per heavy atom. The van der Waals surface area contributed by atoms with E-state index in [0.717, 1.165) is 39.1 Å². The number of carbonyl (C=O) groups excluding carboxylic acids is 1. The first-order chi connectivity index (χ1) is 18.1. The third-order valence-corrected chi connectivity index (χ3v) is 6.80. The number of nitrogens with zero attached hydrogens (tertiary/aromatic N) is 5. The quantitative estimate of drug-likeness (QED) is 0.254. The molecular weight excluding hydrogens is 484 g/mol. The summed E-state index contributed by atoms with van der Waals surface area (Å²) in [6.45, 7) is 0.744. The molecule has 4 heterocycles. The van der Waals surface area contributed by atoms with Crippen molar-refractivity contribution in [3.05, 3.63) is 109 Å². The highest BCUT2D eigenvalue weighted by Gasteiger charge is 2.12. The molecule has 0 bridgehead atoms. The molecule has 0 fully saturated rings. The molecule has 0 unspecified atom stereocenters. The Bertz CT molecular complexity index is 1690. The molecule has 0 saturated heterocycles. The molecule has 6 aromatic rings. The third-order valence-electron chi connectivity index (χ3n) is 5.87. The maximum Gasteiger partial charge on any atom is 0.255 e. The minimum atomic E-state index is -0.221. The maximum absolute atomic E-state index is 12.6. The van der Waals surface area contributed by atoms with Crippen LogP contribution in [-0.2, 0) is 6.54 Å². The van der Waals surface area contributed by atoms with Gasteiger partial charge in [0.15, 0.2) is 5.13 Å². The van der Waals surface area contributed by atoms with E-state index >= 15 is 0 Å². The number of nitrogens with one attached hydrogen (secondary N) is 2. The summed E-state index contributed by atoms with van der Waals surface area (Å²) in [7, 11) is 0. The lowest BCUT2D eigenvalue weighted by molar-refractivity contribution is 0.102. The van der Waals surface area contributed by atoms with Gasteiger partial charge in [0.25, 0.3) is 5.91 Å². The van der Waals surface area contributed by atoms with Crippen molar-refractivity contribution in [1.29, 1.82) is 0 Å². The van der Waals surface area contributed by atoms with Gasteiger partial charge in [0.2, 0.25) is 0 Å². The monoisotopic (exact) mass is 506 g/mol. The third kappa shape index (κ3) is 4.78. The number of para-hydroxylation sites is 2. The molecule has 182 valence electrons. The highest BCUT2D eigenvalue weighted by atomic mass is 32.1. The number of benzene rings is 2. The Morgan fingerprint density at radius 2 is 1.86 bits per heavy atom. The first-order valence-corrected chi connectivity index (χ1v) is 12.3. The molecule has 10 heteroatoms. The minimum absolute atomic E-state index is 0.221. The molecule has 0 aliphatic heterocycles. The summed E-state index contributed by atoms with van der Waals surface area (Å²) in [5.74, 6) is -0.221. The molecule has 0 atom stereocenters. The Balaban J connectivity index is 1.14. The molecular formula is C27H22N8OS. The Hall–Kier alpha value is -4.96. The fourth-order valence-corrected chi connectivity index (χ4v) is 4.82. The van der Waals surface area contributed by atoms with Crippen molar-refractivity contribution in [2.45, 2.75) is 6.54 Å². The second-order valence-corrected chi connectivity index (χ2v) is 9.45. The molecule has 0 spiro atoms. The number of fused-ring (bicyclic) bond motifs is 1. The number of amides is 1. The van der Waals surface area contributed by atoms with Gasteiger partial charge in [0, 0.05) is 42.6 Å². The van der Waals surface area contributed by atoms with Crippen LogP contribution in [0.2, 0.25) is 0 Å². The summed E-state index contributed by atoms with van der Waals surface area (Å²) in [5.41, 5.74) is 11.4. The summed E-state index contributed by atoms with van der Waals surface area (Å²) >= 11 is 1.53. The molecule has 0 saturated carbocycles. The first-order valence-electron chi connectivity index (χ1n) is 11.5. The second-order valence-electron chi connectivity index (χ2n) is 8.42. The summed E-state index contributed by atoms with van der Waals surface area (Å²) in [5, 5.41) is 6.89. The SMILES string of the molecule is Nc1ccccc1NC(=O)c1ccc(Nc2ncc(-c3cnc4cc(Cn5ccnc5)ccn34)s2)cc1. The van der Waals surface area contributed by atoms with E-state index in [9.17, 15) is 4.79 Å². The molecule has 0 aliphatic carbocycles. The van der Waals surface area contributed by atoms with Crippen LogP contribution in [0.3, 0.4) is 0 Å². The number of nitrogen functional groups attached to an aromatic ring is 1. The van der Waals surface area contributed by atoms with Gasteiger partial charge in [-0.2, -0.15) is 0 Å². The van der Waals surface area contributed by atoms with E-state index < -0.39 is 0 Å². The van der Waals surface area contributed by atoms with Gasteiger partial charge in [0.1, 0.15) is 5.65 Å². The van der Waals surface area contributed by atoms with Gasteiger partial charge < -0.3 is 20.9 Å². The zero-order chi connectivity index (χ0) is 25.2. The van der Waals surface area contributed by atoms with E-state index in [1.165, 1.54) is 11.3 Å². The zero-order valence-electron chi connectivity index (χ0n) is 19.6. The standard InChI is InChI=1S/C27H22N8OS/c28-21-3-1-2-4-22(21)33-26(36)19-5-7-20(8-6-19)32-27-31-15-24(37-27)23-14-30-25-13-18(9-11-35(23)25)16-34-12-10-29-17-34/h1-15,17H,16,28H2,(H,31,32)(H,33,36). The van der Waals surface area contributed by atoms with Crippen molar-refractivity contribution in [1.82, 2.24) is 23.9 Å². The first kappa shape index (κ1) is 22.5. The van der Waals surface area contributed by atoms with Gasteiger partial charge in [-0.3, -0.25) is 9.20 Å². The molecule has 1 amide bonds. The zero-order valence-corrected chi connectivity index (χ0v) is 20.4. The number of imidazole rings is 2. The number of thiazole rings is 1. The maximum atomic E-state index is 12.6. The summed E-state index contributed by atoms with van der Waals surface area (Å²) in [6.07, 6.45) is 11.2. The Labute approximate surface area is 216 Å². The predicted octanol–water partition coefficient (Wildman–Crippen LogP) is 5.28. The van der Waals surface area contributed by atoms with Crippen molar-refractivity contribution in [3.8, 4) is 10.6 Å². The van der Waals surface area contributed by atoms with Gasteiger partial charge in [-0.05, 0) is 54.1 Å². The number of hydrogen-bond acceptors (Lipinski definition) is 7. The van der Waals surface area contributed by atoms with Crippen LogP contribution >= 0.6 is 11.3 Å². The average Bonchev–Trinajstić information content (AvgIpc) is 3.67. The Kier molecular flexibility index (Phi) is 5.83. The van der Waals surface area contributed by atoms with E-state index in [1.807, 2.05) is 53.6 Å². The fraction of sp³-hybridized carbons (Fsp3) is 0.0370. The van der Waals surface area contributed by atoms with Gasteiger partial charge in [-0.25, -0.2) is 15.0 Å². The van der Waals surface area contributed by atoms with Crippen LogP contribution in [0, 0.1) is 0 Å². The largest absolute Gasteiger partial charge is 0.397 e. The molecule has 4 aromatic heterocycles. The molecule has 37 heavy (non-hydrogen) atoms. The van der Waals surface area contributed by atoms with Crippen LogP contribution in [-0.4, -0.2) is 29.8 Å². The van der Waals surface area contributed by atoms with Crippen LogP contribution < -0.4 is 16.4 Å². The van der Waals surface area contributed by atoms with Crippen LogP contribution in [0.4, 0.5) is 22.2 Å². The van der Waals surface area contributed by atoms with Crippen LogP contribution in [0.15, 0.2) is 98.0 Å². The highest BCUT2D eigenvalue weighted by molar-refractivity contribution is 7.18. The number of rotatable bonds is 7. The molecule has 0 aliphatic rings.